The first kappa shape index (κ1) is 11.1. The normalized spacial score (nSPS) is 42.9. The van der Waals surface area contributed by atoms with Crippen LogP contribution >= 0.6 is 0 Å². The second-order valence-electron chi connectivity index (χ2n) is 6.98. The molecule has 1 nitrogen and oxygen atoms in total. The molecule has 2 bridgehead atoms. The monoisotopic (exact) mass is 221 g/mol. The first-order valence-corrected chi connectivity index (χ1v) is 7.44. The lowest BCUT2D eigenvalue weighted by Crippen LogP contribution is -2.48. The zero-order chi connectivity index (χ0) is 11.2. The Bertz CT molecular complexity index is 256. The number of rotatable bonds is 4. The summed E-state index contributed by atoms with van der Waals surface area (Å²) in [5.41, 5.74) is 0.728. The highest BCUT2D eigenvalue weighted by atomic mass is 14.9. The summed E-state index contributed by atoms with van der Waals surface area (Å²) in [5, 5.41) is 3.76. The van der Waals surface area contributed by atoms with Crippen molar-refractivity contribution in [3.63, 3.8) is 0 Å². The highest BCUT2D eigenvalue weighted by molar-refractivity contribution is 5.06. The summed E-state index contributed by atoms with van der Waals surface area (Å²) in [6.45, 7) is 5.90. The minimum absolute atomic E-state index is 0.663. The molecule has 0 aliphatic heterocycles. The standard InChI is InChI=1S/C15H27N/c1-11(2)16-10-15(13-4-3-5-13)9-12-6-7-14(15)8-12/h11-14,16H,3-10H2,1-2H3. The minimum atomic E-state index is 0.663. The van der Waals surface area contributed by atoms with Crippen LogP contribution in [0.25, 0.3) is 0 Å². The van der Waals surface area contributed by atoms with Crippen LogP contribution < -0.4 is 5.32 Å². The molecule has 0 aromatic heterocycles. The van der Waals surface area contributed by atoms with Gasteiger partial charge in [-0.3, -0.25) is 0 Å². The molecule has 3 unspecified atom stereocenters. The van der Waals surface area contributed by atoms with Crippen LogP contribution in [-0.2, 0) is 0 Å². The number of nitrogens with one attached hydrogen (secondary N) is 1. The van der Waals surface area contributed by atoms with E-state index in [1.165, 1.54) is 25.8 Å². The van der Waals surface area contributed by atoms with E-state index in [0.717, 1.165) is 23.2 Å². The van der Waals surface area contributed by atoms with Crippen LogP contribution in [0.15, 0.2) is 0 Å². The van der Waals surface area contributed by atoms with Gasteiger partial charge in [0.1, 0.15) is 0 Å². The van der Waals surface area contributed by atoms with Gasteiger partial charge >= 0.3 is 0 Å². The maximum Gasteiger partial charge on any atom is 0.00156 e. The van der Waals surface area contributed by atoms with Crippen LogP contribution in [0.2, 0.25) is 0 Å². The first-order chi connectivity index (χ1) is 7.71. The molecule has 92 valence electrons. The smallest absolute Gasteiger partial charge is 0.00156 e. The fourth-order valence-corrected chi connectivity index (χ4v) is 4.72. The van der Waals surface area contributed by atoms with Crippen LogP contribution in [0, 0.1) is 23.2 Å². The van der Waals surface area contributed by atoms with E-state index in [0.29, 0.717) is 6.04 Å². The Kier molecular flexibility index (Phi) is 2.78. The molecule has 0 aromatic carbocycles. The van der Waals surface area contributed by atoms with Crippen molar-refractivity contribution in [3.05, 3.63) is 0 Å². The summed E-state index contributed by atoms with van der Waals surface area (Å²) in [7, 11) is 0. The third-order valence-electron chi connectivity index (χ3n) is 5.78. The third-order valence-corrected chi connectivity index (χ3v) is 5.78. The molecule has 0 spiro atoms. The van der Waals surface area contributed by atoms with Gasteiger partial charge in [-0.2, -0.15) is 0 Å². The predicted octanol–water partition coefficient (Wildman–Crippen LogP) is 3.59. The average Bonchev–Trinajstić information content (AvgIpc) is 2.72. The summed E-state index contributed by atoms with van der Waals surface area (Å²) in [4.78, 5) is 0. The van der Waals surface area contributed by atoms with E-state index in [4.69, 9.17) is 0 Å². The Balaban J connectivity index is 1.73. The maximum atomic E-state index is 3.76. The van der Waals surface area contributed by atoms with Crippen molar-refractivity contribution in [2.45, 2.75) is 64.8 Å². The summed E-state index contributed by atoms with van der Waals surface area (Å²) >= 11 is 0. The molecular weight excluding hydrogens is 194 g/mol. The quantitative estimate of drug-likeness (QED) is 0.765. The Labute approximate surface area is 100 Å². The zero-order valence-electron chi connectivity index (χ0n) is 11.0. The lowest BCUT2D eigenvalue weighted by Gasteiger charge is -2.49. The molecule has 0 heterocycles. The summed E-state index contributed by atoms with van der Waals surface area (Å²) in [5.74, 6) is 3.25. The maximum absolute atomic E-state index is 3.76. The summed E-state index contributed by atoms with van der Waals surface area (Å²) < 4.78 is 0. The molecule has 0 saturated heterocycles. The molecule has 3 rings (SSSR count). The van der Waals surface area contributed by atoms with Gasteiger partial charge in [-0.1, -0.05) is 26.7 Å². The van der Waals surface area contributed by atoms with E-state index in [9.17, 15) is 0 Å². The second kappa shape index (κ2) is 4.01. The van der Waals surface area contributed by atoms with Gasteiger partial charge in [0.15, 0.2) is 0 Å². The topological polar surface area (TPSA) is 12.0 Å². The molecule has 3 atom stereocenters. The molecule has 0 aromatic rings. The average molecular weight is 221 g/mol. The molecule has 1 heteroatoms. The van der Waals surface area contributed by atoms with E-state index in [2.05, 4.69) is 19.2 Å². The predicted molar refractivity (Wildman–Crippen MR) is 68.4 cm³/mol. The van der Waals surface area contributed by atoms with E-state index < -0.39 is 0 Å². The van der Waals surface area contributed by atoms with Gasteiger partial charge in [0.05, 0.1) is 0 Å². The molecule has 3 fully saturated rings. The summed E-state index contributed by atoms with van der Waals surface area (Å²) in [6, 6.07) is 0.663. The Morgan fingerprint density at radius 3 is 2.38 bits per heavy atom. The molecule has 1 N–H and O–H groups in total. The largest absolute Gasteiger partial charge is 0.314 e. The Morgan fingerprint density at radius 1 is 1.12 bits per heavy atom. The van der Waals surface area contributed by atoms with Crippen molar-refractivity contribution in [3.8, 4) is 0 Å². The second-order valence-corrected chi connectivity index (χ2v) is 6.98. The number of fused-ring (bicyclic) bond motifs is 2. The van der Waals surface area contributed by atoms with Crippen LogP contribution in [0.1, 0.15) is 58.8 Å². The summed E-state index contributed by atoms with van der Waals surface area (Å²) in [6.07, 6.45) is 10.8. The van der Waals surface area contributed by atoms with Gasteiger partial charge in [-0.05, 0) is 55.3 Å². The van der Waals surface area contributed by atoms with Gasteiger partial charge in [-0.25, -0.2) is 0 Å². The van der Waals surface area contributed by atoms with Crippen LogP contribution in [0.4, 0.5) is 0 Å². The van der Waals surface area contributed by atoms with Crippen molar-refractivity contribution < 1.29 is 0 Å². The highest BCUT2D eigenvalue weighted by Crippen LogP contribution is 2.62. The molecule has 3 aliphatic carbocycles. The molecule has 0 radical (unpaired) electrons. The fraction of sp³-hybridized carbons (Fsp3) is 1.00. The van der Waals surface area contributed by atoms with Crippen molar-refractivity contribution in [1.29, 1.82) is 0 Å². The van der Waals surface area contributed by atoms with Crippen molar-refractivity contribution in [2.75, 3.05) is 6.54 Å². The van der Waals surface area contributed by atoms with E-state index in [1.807, 2.05) is 0 Å². The van der Waals surface area contributed by atoms with Gasteiger partial charge in [-0.15, -0.1) is 0 Å². The van der Waals surface area contributed by atoms with Gasteiger partial charge < -0.3 is 5.32 Å². The van der Waals surface area contributed by atoms with Gasteiger partial charge in [0, 0.05) is 12.6 Å². The van der Waals surface area contributed by atoms with Gasteiger partial charge in [0.25, 0.3) is 0 Å². The molecule has 3 aliphatic rings. The molecule has 3 saturated carbocycles. The van der Waals surface area contributed by atoms with E-state index >= 15 is 0 Å². The van der Waals surface area contributed by atoms with E-state index in [-0.39, 0.29) is 0 Å². The zero-order valence-corrected chi connectivity index (χ0v) is 11.0. The lowest BCUT2D eigenvalue weighted by molar-refractivity contribution is 0.0217. The number of hydrogen-bond donors (Lipinski definition) is 1. The van der Waals surface area contributed by atoms with Crippen molar-refractivity contribution in [1.82, 2.24) is 5.32 Å². The Hall–Kier alpha value is -0.0400. The first-order valence-electron chi connectivity index (χ1n) is 7.44. The van der Waals surface area contributed by atoms with Crippen LogP contribution in [0.3, 0.4) is 0 Å². The van der Waals surface area contributed by atoms with Crippen molar-refractivity contribution in [2.24, 2.45) is 23.2 Å². The highest BCUT2D eigenvalue weighted by Gasteiger charge is 2.55. The SMILES string of the molecule is CC(C)NCC1(C2CCC2)CC2CCC1C2. The van der Waals surface area contributed by atoms with Crippen molar-refractivity contribution >= 4 is 0 Å². The van der Waals surface area contributed by atoms with Gasteiger partial charge in [0.2, 0.25) is 0 Å². The lowest BCUT2D eigenvalue weighted by atomic mass is 9.58. The van der Waals surface area contributed by atoms with Crippen LogP contribution in [-0.4, -0.2) is 12.6 Å². The van der Waals surface area contributed by atoms with Crippen LogP contribution in [0.5, 0.6) is 0 Å². The third kappa shape index (κ3) is 1.63. The minimum Gasteiger partial charge on any atom is -0.314 e. The Morgan fingerprint density at radius 2 is 1.94 bits per heavy atom. The van der Waals surface area contributed by atoms with E-state index in [1.54, 1.807) is 25.7 Å². The molecular formula is C15H27N. The molecule has 0 amide bonds. The molecule has 16 heavy (non-hydrogen) atoms. The number of hydrogen-bond acceptors (Lipinski definition) is 1. The fourth-order valence-electron chi connectivity index (χ4n) is 4.72.